The van der Waals surface area contributed by atoms with Gasteiger partial charge >= 0.3 is 5.97 Å². The molecule has 0 saturated carbocycles. The number of allylic oxidation sites excluding steroid dienone is 6. The topological polar surface area (TPSA) is 37.3 Å². The predicted octanol–water partition coefficient (Wildman–Crippen LogP) is 5.22. The lowest BCUT2D eigenvalue weighted by atomic mass is 9.79. The molecule has 0 aliphatic heterocycles. The van der Waals surface area contributed by atoms with Crippen LogP contribution in [0.2, 0.25) is 0 Å². The molecule has 0 aromatic heterocycles. The molecule has 1 unspecified atom stereocenters. The Hall–Kier alpha value is -0.960. The summed E-state index contributed by atoms with van der Waals surface area (Å²) < 4.78 is 0. The van der Waals surface area contributed by atoms with Crippen LogP contribution < -0.4 is 0 Å². The standard InChI is InChI=1S/C18H28O2S/c1-3-4-12-18(14-9-6-10-15-18)13-8-5-7-11-16(21-2)17(19)20/h4,9-10,12,14-16H,3,5-8,11,13H2,1-2H3,(H,19,20)/b12-4-. The zero-order chi connectivity index (χ0) is 15.6. The maximum atomic E-state index is 11.0. The summed E-state index contributed by atoms with van der Waals surface area (Å²) in [7, 11) is 0. The molecule has 118 valence electrons. The second-order valence-corrected chi connectivity index (χ2v) is 6.67. The van der Waals surface area contributed by atoms with Crippen LogP contribution in [0.3, 0.4) is 0 Å². The second kappa shape index (κ2) is 9.88. The van der Waals surface area contributed by atoms with Gasteiger partial charge in [-0.2, -0.15) is 11.8 Å². The Kier molecular flexibility index (Phi) is 8.51. The van der Waals surface area contributed by atoms with E-state index in [0.29, 0.717) is 0 Å². The molecule has 0 heterocycles. The van der Waals surface area contributed by atoms with Crippen LogP contribution in [0.1, 0.15) is 51.9 Å². The van der Waals surface area contributed by atoms with Gasteiger partial charge in [-0.05, 0) is 31.9 Å². The van der Waals surface area contributed by atoms with Crippen LogP contribution in [0.25, 0.3) is 0 Å². The summed E-state index contributed by atoms with van der Waals surface area (Å²) in [6.07, 6.45) is 22.8. The third-order valence-corrected chi connectivity index (χ3v) is 4.93. The van der Waals surface area contributed by atoms with Crippen LogP contribution in [0.15, 0.2) is 36.5 Å². The van der Waals surface area contributed by atoms with Gasteiger partial charge in [-0.15, -0.1) is 0 Å². The summed E-state index contributed by atoms with van der Waals surface area (Å²) in [5, 5.41) is 8.78. The molecule has 0 spiro atoms. The quantitative estimate of drug-likeness (QED) is 0.444. The molecular weight excluding hydrogens is 280 g/mol. The van der Waals surface area contributed by atoms with E-state index in [1.54, 1.807) is 0 Å². The molecule has 1 aliphatic carbocycles. The molecule has 0 radical (unpaired) electrons. The van der Waals surface area contributed by atoms with E-state index in [4.69, 9.17) is 5.11 Å². The fourth-order valence-electron chi connectivity index (χ4n) is 2.69. The van der Waals surface area contributed by atoms with Crippen molar-refractivity contribution in [2.75, 3.05) is 6.26 Å². The number of carboxylic acids is 1. The Balaban J connectivity index is 2.36. The first-order valence-electron chi connectivity index (χ1n) is 7.92. The monoisotopic (exact) mass is 308 g/mol. The lowest BCUT2D eigenvalue weighted by molar-refractivity contribution is -0.136. The summed E-state index contributed by atoms with van der Waals surface area (Å²) in [6, 6.07) is 0. The number of aliphatic carboxylic acids is 1. The van der Waals surface area contributed by atoms with Crippen molar-refractivity contribution >= 4 is 17.7 Å². The van der Waals surface area contributed by atoms with Gasteiger partial charge in [0.05, 0.1) is 0 Å². The molecule has 0 aromatic carbocycles. The van der Waals surface area contributed by atoms with E-state index in [-0.39, 0.29) is 10.7 Å². The van der Waals surface area contributed by atoms with Crippen molar-refractivity contribution in [2.45, 2.75) is 57.1 Å². The molecule has 1 atom stereocenters. The molecule has 1 aliphatic rings. The van der Waals surface area contributed by atoms with Gasteiger partial charge in [-0.1, -0.05) is 62.6 Å². The minimum Gasteiger partial charge on any atom is -0.480 e. The highest BCUT2D eigenvalue weighted by Crippen LogP contribution is 2.33. The number of hydrogen-bond acceptors (Lipinski definition) is 2. The largest absolute Gasteiger partial charge is 0.480 e. The molecule has 2 nitrogen and oxygen atoms in total. The van der Waals surface area contributed by atoms with Gasteiger partial charge in [-0.3, -0.25) is 4.79 Å². The first kappa shape index (κ1) is 18.1. The lowest BCUT2D eigenvalue weighted by Gasteiger charge is -2.26. The van der Waals surface area contributed by atoms with Crippen molar-refractivity contribution in [1.82, 2.24) is 0 Å². The number of hydrogen-bond donors (Lipinski definition) is 1. The Morgan fingerprint density at radius 3 is 2.62 bits per heavy atom. The highest BCUT2D eigenvalue weighted by atomic mass is 32.2. The first-order valence-corrected chi connectivity index (χ1v) is 9.21. The lowest BCUT2D eigenvalue weighted by Crippen LogP contribution is -2.16. The average molecular weight is 308 g/mol. The summed E-state index contributed by atoms with van der Waals surface area (Å²) in [5.74, 6) is -0.678. The molecule has 0 saturated heterocycles. The third-order valence-electron chi connectivity index (χ3n) is 3.93. The zero-order valence-corrected chi connectivity index (χ0v) is 14.1. The van der Waals surface area contributed by atoms with E-state index in [1.807, 2.05) is 6.26 Å². The Morgan fingerprint density at radius 1 is 1.33 bits per heavy atom. The van der Waals surface area contributed by atoms with Gasteiger partial charge in [0.2, 0.25) is 0 Å². The summed E-state index contributed by atoms with van der Waals surface area (Å²) >= 11 is 1.44. The minimum atomic E-state index is -0.678. The van der Waals surface area contributed by atoms with Gasteiger partial charge in [0, 0.05) is 5.41 Å². The number of rotatable bonds is 10. The molecule has 3 heteroatoms. The molecule has 0 fully saturated rings. The zero-order valence-electron chi connectivity index (χ0n) is 13.3. The first-order chi connectivity index (χ1) is 10.1. The average Bonchev–Trinajstić information content (AvgIpc) is 2.49. The minimum absolute atomic E-state index is 0.0972. The number of carboxylic acid groups (broad SMARTS) is 1. The van der Waals surface area contributed by atoms with E-state index in [2.05, 4.69) is 43.4 Å². The molecule has 0 bridgehead atoms. The number of carbonyl (C=O) groups is 1. The molecule has 1 N–H and O–H groups in total. The van der Waals surface area contributed by atoms with Gasteiger partial charge < -0.3 is 5.11 Å². The Labute approximate surface area is 133 Å². The molecule has 0 amide bonds. The molecule has 0 aromatic rings. The maximum absolute atomic E-state index is 11.0. The van der Waals surface area contributed by atoms with Crippen molar-refractivity contribution in [3.05, 3.63) is 36.5 Å². The van der Waals surface area contributed by atoms with E-state index in [0.717, 1.165) is 44.9 Å². The van der Waals surface area contributed by atoms with Crippen LogP contribution in [-0.2, 0) is 4.79 Å². The highest BCUT2D eigenvalue weighted by Gasteiger charge is 2.21. The smallest absolute Gasteiger partial charge is 0.316 e. The fourth-order valence-corrected chi connectivity index (χ4v) is 3.29. The van der Waals surface area contributed by atoms with Gasteiger partial charge in [0.25, 0.3) is 0 Å². The van der Waals surface area contributed by atoms with Crippen LogP contribution in [0.4, 0.5) is 0 Å². The maximum Gasteiger partial charge on any atom is 0.316 e. The van der Waals surface area contributed by atoms with Crippen molar-refractivity contribution in [1.29, 1.82) is 0 Å². The van der Waals surface area contributed by atoms with Crippen molar-refractivity contribution < 1.29 is 9.90 Å². The van der Waals surface area contributed by atoms with E-state index < -0.39 is 5.97 Å². The van der Waals surface area contributed by atoms with E-state index in [1.165, 1.54) is 11.8 Å². The molecule has 21 heavy (non-hydrogen) atoms. The van der Waals surface area contributed by atoms with Crippen molar-refractivity contribution in [2.24, 2.45) is 5.41 Å². The van der Waals surface area contributed by atoms with Gasteiger partial charge in [0.1, 0.15) is 5.25 Å². The number of unbranched alkanes of at least 4 members (excludes halogenated alkanes) is 2. The predicted molar refractivity (Wildman–Crippen MR) is 92.8 cm³/mol. The highest BCUT2D eigenvalue weighted by molar-refractivity contribution is 7.99. The van der Waals surface area contributed by atoms with E-state index in [9.17, 15) is 4.79 Å². The van der Waals surface area contributed by atoms with Crippen LogP contribution in [-0.4, -0.2) is 22.6 Å². The normalized spacial score (nSPS) is 18.2. The second-order valence-electron chi connectivity index (χ2n) is 5.63. The SMILES string of the molecule is CC/C=C\C1(CCCCCC(SC)C(=O)O)C=CCC=C1. The summed E-state index contributed by atoms with van der Waals surface area (Å²) in [5.41, 5.74) is 0.0972. The van der Waals surface area contributed by atoms with Crippen LogP contribution in [0.5, 0.6) is 0 Å². The van der Waals surface area contributed by atoms with Gasteiger partial charge in [0.15, 0.2) is 0 Å². The Morgan fingerprint density at radius 2 is 2.05 bits per heavy atom. The molecule has 1 rings (SSSR count). The van der Waals surface area contributed by atoms with Crippen LogP contribution in [0, 0.1) is 5.41 Å². The fraction of sp³-hybridized carbons (Fsp3) is 0.611. The number of thioether (sulfide) groups is 1. The third kappa shape index (κ3) is 6.56. The Bertz CT molecular complexity index is 384. The van der Waals surface area contributed by atoms with Gasteiger partial charge in [-0.25, -0.2) is 0 Å². The van der Waals surface area contributed by atoms with Crippen LogP contribution >= 0.6 is 11.8 Å². The molecular formula is C18H28O2S. The van der Waals surface area contributed by atoms with Crippen molar-refractivity contribution in [3.8, 4) is 0 Å². The van der Waals surface area contributed by atoms with Crippen molar-refractivity contribution in [3.63, 3.8) is 0 Å². The summed E-state index contributed by atoms with van der Waals surface area (Å²) in [4.78, 5) is 11.0. The summed E-state index contributed by atoms with van der Waals surface area (Å²) in [6.45, 7) is 2.16. The van der Waals surface area contributed by atoms with E-state index >= 15 is 0 Å².